The van der Waals surface area contributed by atoms with Crippen molar-refractivity contribution in [1.29, 1.82) is 0 Å². The van der Waals surface area contributed by atoms with E-state index in [1.165, 1.54) is 0 Å². The van der Waals surface area contributed by atoms with Gasteiger partial charge in [0, 0.05) is 5.57 Å². The van der Waals surface area contributed by atoms with Gasteiger partial charge in [-0.25, -0.2) is 0 Å². The Balaban J connectivity index is 0.000000817. The second kappa shape index (κ2) is 11.2. The summed E-state index contributed by atoms with van der Waals surface area (Å²) in [7, 11) is 0. The fourth-order valence-electron chi connectivity index (χ4n) is 2.64. The molecule has 0 saturated heterocycles. The first-order valence-electron chi connectivity index (χ1n) is 9.15. The predicted molar refractivity (Wildman–Crippen MR) is 117 cm³/mol. The third-order valence-corrected chi connectivity index (χ3v) is 4.17. The largest absolute Gasteiger partial charge is 0.494 e. The summed E-state index contributed by atoms with van der Waals surface area (Å²) in [5.74, 6) is 0.865. The Morgan fingerprint density at radius 2 is 1.19 bits per heavy atom. The second-order valence-electron chi connectivity index (χ2n) is 5.79. The highest BCUT2D eigenvalue weighted by Gasteiger charge is 2.12. The van der Waals surface area contributed by atoms with Gasteiger partial charge in [0.2, 0.25) is 0 Å². The summed E-state index contributed by atoms with van der Waals surface area (Å²) in [5, 5.41) is 0.742. The van der Waals surface area contributed by atoms with Gasteiger partial charge < -0.3 is 10.5 Å². The van der Waals surface area contributed by atoms with E-state index in [1.54, 1.807) is 0 Å². The summed E-state index contributed by atoms with van der Waals surface area (Å²) in [5.41, 5.74) is 9.03. The molecule has 0 radical (unpaired) electrons. The third-order valence-electron chi connectivity index (χ3n) is 3.76. The molecule has 27 heavy (non-hydrogen) atoms. The molecule has 0 aromatic heterocycles. The first-order chi connectivity index (χ1) is 13.2. The molecular weight excluding hydrogens is 354 g/mol. The molecule has 140 valence electrons. The maximum atomic E-state index is 6.79. The summed E-state index contributed by atoms with van der Waals surface area (Å²) in [6.45, 7) is 5.29. The number of ether oxygens (including phenoxy) is 1. The standard InChI is InChI=1S/C22H19ClO.C2H7N/c1-2-24-20-15-13-18(14-16-20)21(17-9-5-3-6-10-17)22(23)19-11-7-4-8-12-19;1-2-3/h3-16H,2H2,1H3;2-3H2,1H3/b22-21-;. The molecule has 3 rings (SSSR count). The molecule has 0 heterocycles. The Labute approximate surface area is 167 Å². The van der Waals surface area contributed by atoms with E-state index in [0.717, 1.165) is 39.6 Å². The average molecular weight is 380 g/mol. The zero-order chi connectivity index (χ0) is 19.5. The van der Waals surface area contributed by atoms with Gasteiger partial charge in [-0.1, -0.05) is 91.3 Å². The Morgan fingerprint density at radius 3 is 1.67 bits per heavy atom. The lowest BCUT2D eigenvalue weighted by Crippen LogP contribution is -1.94. The molecule has 0 aliphatic carbocycles. The van der Waals surface area contributed by atoms with Crippen LogP contribution in [0.4, 0.5) is 0 Å². The molecule has 0 aliphatic heterocycles. The van der Waals surface area contributed by atoms with Gasteiger partial charge >= 0.3 is 0 Å². The van der Waals surface area contributed by atoms with Gasteiger partial charge in [-0.15, -0.1) is 0 Å². The second-order valence-corrected chi connectivity index (χ2v) is 6.16. The van der Waals surface area contributed by atoms with E-state index in [9.17, 15) is 0 Å². The SMILES string of the molecule is CCN.CCOc1ccc(/C(=C(\Cl)c2ccccc2)c2ccccc2)cc1. The molecule has 2 nitrogen and oxygen atoms in total. The zero-order valence-corrected chi connectivity index (χ0v) is 16.6. The maximum absolute atomic E-state index is 6.79. The third kappa shape index (κ3) is 5.99. The van der Waals surface area contributed by atoms with Gasteiger partial charge in [0.1, 0.15) is 5.75 Å². The van der Waals surface area contributed by atoms with Crippen LogP contribution in [0.25, 0.3) is 10.6 Å². The van der Waals surface area contributed by atoms with E-state index in [-0.39, 0.29) is 0 Å². The number of rotatable bonds is 5. The van der Waals surface area contributed by atoms with Gasteiger partial charge in [0.15, 0.2) is 0 Å². The summed E-state index contributed by atoms with van der Waals surface area (Å²) in [6.07, 6.45) is 0. The first-order valence-corrected chi connectivity index (χ1v) is 9.52. The molecule has 3 aromatic rings. The van der Waals surface area contributed by atoms with Crippen LogP contribution in [0.2, 0.25) is 0 Å². The van der Waals surface area contributed by atoms with Gasteiger partial charge in [-0.2, -0.15) is 0 Å². The lowest BCUT2D eigenvalue weighted by atomic mass is 9.95. The molecule has 0 amide bonds. The minimum absolute atomic E-state index is 0.658. The molecule has 3 heteroatoms. The number of hydrogen-bond acceptors (Lipinski definition) is 2. The minimum atomic E-state index is 0.658. The Bertz CT molecular complexity index is 827. The molecule has 3 aromatic carbocycles. The maximum Gasteiger partial charge on any atom is 0.119 e. The number of benzene rings is 3. The van der Waals surface area contributed by atoms with E-state index >= 15 is 0 Å². The Hall–Kier alpha value is -2.55. The smallest absolute Gasteiger partial charge is 0.119 e. The summed E-state index contributed by atoms with van der Waals surface area (Å²) in [4.78, 5) is 0. The molecule has 0 atom stereocenters. The van der Waals surface area contributed by atoms with Crippen LogP contribution in [-0.4, -0.2) is 13.2 Å². The monoisotopic (exact) mass is 379 g/mol. The quantitative estimate of drug-likeness (QED) is 0.535. The van der Waals surface area contributed by atoms with Crippen LogP contribution in [0.3, 0.4) is 0 Å². The highest BCUT2D eigenvalue weighted by Crippen LogP contribution is 2.35. The molecule has 0 fully saturated rings. The van der Waals surface area contributed by atoms with Crippen molar-refractivity contribution in [2.45, 2.75) is 13.8 Å². The highest BCUT2D eigenvalue weighted by atomic mass is 35.5. The normalized spacial score (nSPS) is 11.1. The Morgan fingerprint density at radius 1 is 0.741 bits per heavy atom. The van der Waals surface area contributed by atoms with Crippen molar-refractivity contribution in [3.8, 4) is 5.75 Å². The van der Waals surface area contributed by atoms with E-state index < -0.39 is 0 Å². The molecule has 2 N–H and O–H groups in total. The van der Waals surface area contributed by atoms with Crippen LogP contribution in [0.1, 0.15) is 30.5 Å². The van der Waals surface area contributed by atoms with Crippen molar-refractivity contribution in [3.63, 3.8) is 0 Å². The molecule has 0 saturated carbocycles. The topological polar surface area (TPSA) is 35.2 Å². The van der Waals surface area contributed by atoms with Crippen LogP contribution < -0.4 is 10.5 Å². The van der Waals surface area contributed by atoms with Gasteiger partial charge in [0.25, 0.3) is 0 Å². The molecule has 0 aliphatic rings. The van der Waals surface area contributed by atoms with E-state index in [0.29, 0.717) is 6.61 Å². The van der Waals surface area contributed by atoms with Crippen molar-refractivity contribution in [3.05, 3.63) is 102 Å². The van der Waals surface area contributed by atoms with E-state index in [4.69, 9.17) is 22.1 Å². The van der Waals surface area contributed by atoms with Crippen LogP contribution in [0.5, 0.6) is 5.75 Å². The lowest BCUT2D eigenvalue weighted by molar-refractivity contribution is 0.340. The van der Waals surface area contributed by atoms with Crippen molar-refractivity contribution in [2.24, 2.45) is 5.73 Å². The number of hydrogen-bond donors (Lipinski definition) is 1. The van der Waals surface area contributed by atoms with Gasteiger partial charge in [-0.3, -0.25) is 0 Å². The Kier molecular flexibility index (Phi) is 8.63. The summed E-state index contributed by atoms with van der Waals surface area (Å²) < 4.78 is 5.54. The predicted octanol–water partition coefficient (Wildman–Crippen LogP) is 6.21. The van der Waals surface area contributed by atoms with Gasteiger partial charge in [0.05, 0.1) is 11.6 Å². The average Bonchev–Trinajstić information content (AvgIpc) is 2.72. The van der Waals surface area contributed by atoms with Crippen LogP contribution in [0.15, 0.2) is 84.9 Å². The zero-order valence-electron chi connectivity index (χ0n) is 15.9. The molecule has 0 unspecified atom stereocenters. The fourth-order valence-corrected chi connectivity index (χ4v) is 2.98. The molecular formula is C24H26ClNO. The number of halogens is 1. The molecule has 0 bridgehead atoms. The van der Waals surface area contributed by atoms with Crippen molar-refractivity contribution < 1.29 is 4.74 Å². The van der Waals surface area contributed by atoms with Crippen molar-refractivity contribution >= 4 is 22.2 Å². The highest BCUT2D eigenvalue weighted by molar-refractivity contribution is 6.53. The van der Waals surface area contributed by atoms with Gasteiger partial charge in [-0.05, 0) is 42.3 Å². The van der Waals surface area contributed by atoms with Crippen molar-refractivity contribution in [1.82, 2.24) is 0 Å². The van der Waals surface area contributed by atoms with Crippen LogP contribution >= 0.6 is 11.6 Å². The fraction of sp³-hybridized carbons (Fsp3) is 0.167. The first kappa shape index (κ1) is 20.8. The minimum Gasteiger partial charge on any atom is -0.494 e. The van der Waals surface area contributed by atoms with E-state index in [1.807, 2.05) is 74.5 Å². The lowest BCUT2D eigenvalue weighted by Gasteiger charge is -2.13. The number of nitrogens with two attached hydrogens (primary N) is 1. The van der Waals surface area contributed by atoms with Crippen molar-refractivity contribution in [2.75, 3.05) is 13.2 Å². The molecule has 0 spiro atoms. The van der Waals surface area contributed by atoms with Crippen LogP contribution in [0, 0.1) is 0 Å². The van der Waals surface area contributed by atoms with E-state index in [2.05, 4.69) is 24.3 Å². The summed E-state index contributed by atoms with van der Waals surface area (Å²) >= 11 is 6.79. The van der Waals surface area contributed by atoms with Crippen LogP contribution in [-0.2, 0) is 0 Å². The summed E-state index contributed by atoms with van der Waals surface area (Å²) in [6, 6.07) is 28.3.